The van der Waals surface area contributed by atoms with E-state index in [4.69, 9.17) is 4.42 Å². The van der Waals surface area contributed by atoms with Crippen LogP contribution in [0.5, 0.6) is 0 Å². The quantitative estimate of drug-likeness (QED) is 0.582. The molecule has 0 bridgehead atoms. The third kappa shape index (κ3) is 1.93. The Labute approximate surface area is 58.6 Å². The number of hydrogen-bond donors (Lipinski definition) is 0. The van der Waals surface area contributed by atoms with Crippen molar-refractivity contribution in [2.24, 2.45) is 0 Å². The number of rotatable bonds is 4. The van der Waals surface area contributed by atoms with Crippen molar-refractivity contribution >= 4 is 6.47 Å². The summed E-state index contributed by atoms with van der Waals surface area (Å²) in [6.07, 6.45) is 2.20. The van der Waals surface area contributed by atoms with Gasteiger partial charge in [-0.25, -0.2) is 4.79 Å². The summed E-state index contributed by atoms with van der Waals surface area (Å²) in [4.78, 5) is 9.56. The molecule has 0 N–H and O–H groups in total. The monoisotopic (exact) mass is 139 g/mol. The van der Waals surface area contributed by atoms with Crippen LogP contribution < -0.4 is 0 Å². The van der Waals surface area contributed by atoms with E-state index in [-0.39, 0.29) is 0 Å². The van der Waals surface area contributed by atoms with E-state index in [2.05, 4.69) is 4.74 Å². The fourth-order valence-electron chi connectivity index (χ4n) is 0.648. The number of carbonyl (C=O) groups excluding carboxylic acids is 1. The van der Waals surface area contributed by atoms with Gasteiger partial charge in [-0.15, -0.1) is 0 Å². The van der Waals surface area contributed by atoms with Crippen molar-refractivity contribution in [1.82, 2.24) is 0 Å². The first-order chi connectivity index (χ1) is 4.93. The Hall–Kier alpha value is -1.25. The molecular formula is C7H7O3. The summed E-state index contributed by atoms with van der Waals surface area (Å²) < 4.78 is 9.31. The molecule has 53 valence electrons. The van der Waals surface area contributed by atoms with E-state index in [1.54, 1.807) is 12.3 Å². The average Bonchev–Trinajstić information content (AvgIpc) is 2.41. The third-order valence-electron chi connectivity index (χ3n) is 1.09. The van der Waals surface area contributed by atoms with Gasteiger partial charge in [-0.3, -0.25) is 0 Å². The van der Waals surface area contributed by atoms with Gasteiger partial charge in [0.05, 0.1) is 12.9 Å². The van der Waals surface area contributed by atoms with E-state index in [0.717, 1.165) is 5.76 Å². The molecule has 0 saturated carbocycles. The minimum absolute atomic E-state index is 0.330. The Balaban J connectivity index is 2.21. The highest BCUT2D eigenvalue weighted by atomic mass is 16.5. The zero-order chi connectivity index (χ0) is 7.23. The first-order valence-electron chi connectivity index (χ1n) is 2.95. The van der Waals surface area contributed by atoms with Crippen LogP contribution in [-0.2, 0) is 16.0 Å². The second-order valence-electron chi connectivity index (χ2n) is 1.76. The van der Waals surface area contributed by atoms with Gasteiger partial charge in [0.15, 0.2) is 0 Å². The third-order valence-corrected chi connectivity index (χ3v) is 1.09. The SMILES string of the molecule is O=[C]OCCc1ccco1. The smallest absolute Gasteiger partial charge is 0.417 e. The summed E-state index contributed by atoms with van der Waals surface area (Å²) in [5.74, 6) is 0.815. The molecule has 1 aromatic heterocycles. The van der Waals surface area contributed by atoms with Crippen molar-refractivity contribution in [1.29, 1.82) is 0 Å². The highest BCUT2D eigenvalue weighted by Gasteiger charge is 1.93. The Morgan fingerprint density at radius 1 is 1.70 bits per heavy atom. The molecule has 0 aromatic carbocycles. The lowest BCUT2D eigenvalue weighted by Gasteiger charge is -1.92. The van der Waals surface area contributed by atoms with Crippen LogP contribution in [0.1, 0.15) is 5.76 Å². The Kier molecular flexibility index (Phi) is 2.55. The first-order valence-corrected chi connectivity index (χ1v) is 2.95. The van der Waals surface area contributed by atoms with E-state index in [1.807, 2.05) is 6.07 Å². The standard InChI is InChI=1S/C7H7O3/c8-6-9-5-3-7-2-1-4-10-7/h1-2,4H,3,5H2. The molecule has 0 atom stereocenters. The molecule has 0 aliphatic heterocycles. The van der Waals surface area contributed by atoms with Gasteiger partial charge in [-0.2, -0.15) is 0 Å². The lowest BCUT2D eigenvalue weighted by Crippen LogP contribution is -1.94. The van der Waals surface area contributed by atoms with Crippen LogP contribution in [0.15, 0.2) is 22.8 Å². The first kappa shape index (κ1) is 6.86. The minimum atomic E-state index is 0.330. The van der Waals surface area contributed by atoms with Gasteiger partial charge in [0.25, 0.3) is 0 Å². The normalized spacial score (nSPS) is 9.20. The molecule has 0 fully saturated rings. The van der Waals surface area contributed by atoms with Crippen molar-refractivity contribution in [2.45, 2.75) is 6.42 Å². The van der Waals surface area contributed by atoms with Crippen LogP contribution in [0.3, 0.4) is 0 Å². The number of hydrogen-bond acceptors (Lipinski definition) is 3. The van der Waals surface area contributed by atoms with Crippen molar-refractivity contribution in [2.75, 3.05) is 6.61 Å². The molecule has 0 aliphatic carbocycles. The molecule has 1 radical (unpaired) electrons. The fraction of sp³-hybridized carbons (Fsp3) is 0.286. The average molecular weight is 139 g/mol. The van der Waals surface area contributed by atoms with Gasteiger partial charge in [-0.05, 0) is 12.1 Å². The highest BCUT2D eigenvalue weighted by molar-refractivity contribution is 5.38. The topological polar surface area (TPSA) is 39.4 Å². The van der Waals surface area contributed by atoms with Crippen LogP contribution in [0.4, 0.5) is 0 Å². The second-order valence-corrected chi connectivity index (χ2v) is 1.76. The highest BCUT2D eigenvalue weighted by Crippen LogP contribution is 1.99. The second kappa shape index (κ2) is 3.71. The van der Waals surface area contributed by atoms with Crippen molar-refractivity contribution in [3.05, 3.63) is 24.2 Å². The van der Waals surface area contributed by atoms with Gasteiger partial charge in [0.1, 0.15) is 5.76 Å². The van der Waals surface area contributed by atoms with Crippen molar-refractivity contribution < 1.29 is 13.9 Å². The van der Waals surface area contributed by atoms with E-state index >= 15 is 0 Å². The molecule has 1 rings (SSSR count). The molecule has 0 amide bonds. The Morgan fingerprint density at radius 3 is 3.20 bits per heavy atom. The lowest BCUT2D eigenvalue weighted by atomic mass is 10.3. The molecule has 0 unspecified atom stereocenters. The predicted octanol–water partition coefficient (Wildman–Crippen LogP) is 0.906. The molecular weight excluding hydrogens is 132 g/mol. The maximum absolute atomic E-state index is 9.56. The largest absolute Gasteiger partial charge is 0.469 e. The van der Waals surface area contributed by atoms with Gasteiger partial charge in [0, 0.05) is 6.42 Å². The molecule has 0 saturated heterocycles. The molecule has 0 aliphatic rings. The molecule has 3 heteroatoms. The zero-order valence-electron chi connectivity index (χ0n) is 5.37. The summed E-state index contributed by atoms with van der Waals surface area (Å²) in [7, 11) is 0. The molecule has 1 aromatic rings. The summed E-state index contributed by atoms with van der Waals surface area (Å²) >= 11 is 0. The number of furan rings is 1. The van der Waals surface area contributed by atoms with Crippen LogP contribution in [0.25, 0.3) is 0 Å². The van der Waals surface area contributed by atoms with Gasteiger partial charge in [0.2, 0.25) is 0 Å². The number of ether oxygens (including phenoxy) is 1. The van der Waals surface area contributed by atoms with E-state index < -0.39 is 0 Å². The van der Waals surface area contributed by atoms with Crippen LogP contribution in [0, 0.1) is 0 Å². The summed E-state index contributed by atoms with van der Waals surface area (Å²) in [6, 6.07) is 3.62. The molecule has 3 nitrogen and oxygen atoms in total. The Bertz CT molecular complexity index is 179. The van der Waals surface area contributed by atoms with Gasteiger partial charge >= 0.3 is 6.47 Å². The van der Waals surface area contributed by atoms with Gasteiger partial charge < -0.3 is 9.15 Å². The summed E-state index contributed by atoms with van der Waals surface area (Å²) in [6.45, 7) is 1.67. The lowest BCUT2D eigenvalue weighted by molar-refractivity contribution is 0.273. The summed E-state index contributed by atoms with van der Waals surface area (Å²) in [5, 5.41) is 0. The molecule has 0 spiro atoms. The van der Waals surface area contributed by atoms with Gasteiger partial charge in [-0.1, -0.05) is 0 Å². The van der Waals surface area contributed by atoms with E-state index in [0.29, 0.717) is 13.0 Å². The van der Waals surface area contributed by atoms with Crippen LogP contribution >= 0.6 is 0 Å². The van der Waals surface area contributed by atoms with Crippen LogP contribution in [0.2, 0.25) is 0 Å². The Morgan fingerprint density at radius 2 is 2.60 bits per heavy atom. The van der Waals surface area contributed by atoms with Crippen molar-refractivity contribution in [3.63, 3.8) is 0 Å². The fourth-order valence-corrected chi connectivity index (χ4v) is 0.648. The van der Waals surface area contributed by atoms with E-state index in [1.165, 1.54) is 6.47 Å². The van der Waals surface area contributed by atoms with Crippen LogP contribution in [-0.4, -0.2) is 13.1 Å². The maximum Gasteiger partial charge on any atom is 0.417 e. The molecule has 1 heterocycles. The molecule has 10 heavy (non-hydrogen) atoms. The zero-order valence-corrected chi connectivity index (χ0v) is 5.37. The van der Waals surface area contributed by atoms with Crippen molar-refractivity contribution in [3.8, 4) is 0 Å². The predicted molar refractivity (Wildman–Crippen MR) is 34.1 cm³/mol. The maximum atomic E-state index is 9.56. The van der Waals surface area contributed by atoms with E-state index in [9.17, 15) is 4.79 Å². The minimum Gasteiger partial charge on any atom is -0.469 e. The summed E-state index contributed by atoms with van der Waals surface area (Å²) in [5.41, 5.74) is 0.